The van der Waals surface area contributed by atoms with E-state index in [9.17, 15) is 4.79 Å². The Balaban J connectivity index is 0. The molecule has 48 valence electrons. The van der Waals surface area contributed by atoms with Crippen LogP contribution < -0.4 is 0 Å². The zero-order valence-electron chi connectivity index (χ0n) is 4.59. The minimum absolute atomic E-state index is 0. The maximum atomic E-state index is 10.1. The van der Waals surface area contributed by atoms with E-state index in [1.165, 1.54) is 6.92 Å². The van der Waals surface area contributed by atoms with E-state index >= 15 is 0 Å². The Kier molecular flexibility index (Phi) is 8.82. The van der Waals surface area contributed by atoms with Crippen LogP contribution in [0.15, 0.2) is 0 Å². The fraction of sp³-hybridized carbons (Fsp3) is 0.600. The monoisotopic (exact) mass is 155 g/mol. The van der Waals surface area contributed by atoms with E-state index in [0.29, 0.717) is 12.8 Å². The Labute approximate surface area is 58.8 Å². The first-order chi connectivity index (χ1) is 3.27. The number of carbonyl (C=O) groups is 1. The third kappa shape index (κ3) is 9.17. The van der Waals surface area contributed by atoms with Crippen LogP contribution in [0.5, 0.6) is 0 Å². The van der Waals surface area contributed by atoms with E-state index in [1.807, 2.05) is 6.07 Å². The minimum Gasteiger partial charge on any atom is -0.300 e. The van der Waals surface area contributed by atoms with E-state index in [4.69, 9.17) is 5.26 Å². The van der Waals surface area contributed by atoms with Crippen LogP contribution in [0.1, 0.15) is 19.8 Å². The summed E-state index contributed by atoms with van der Waals surface area (Å²) in [5.41, 5.74) is 0. The second-order valence-electron chi connectivity index (χ2n) is 1.36. The van der Waals surface area contributed by atoms with Crippen LogP contribution in [0, 0.1) is 11.3 Å². The van der Waals surface area contributed by atoms with Gasteiger partial charge in [0.1, 0.15) is 5.78 Å². The predicted molar refractivity (Wildman–Crippen MR) is 25.5 cm³/mol. The van der Waals surface area contributed by atoms with Crippen molar-refractivity contribution in [2.75, 3.05) is 0 Å². The van der Waals surface area contributed by atoms with Gasteiger partial charge < -0.3 is 0 Å². The summed E-state index contributed by atoms with van der Waals surface area (Å²) in [6, 6.07) is 1.88. The van der Waals surface area contributed by atoms with Crippen molar-refractivity contribution in [3.63, 3.8) is 0 Å². The van der Waals surface area contributed by atoms with Crippen molar-refractivity contribution < 1.29 is 21.3 Å². The molecule has 0 heterocycles. The fourth-order valence-corrected chi connectivity index (χ4v) is 0.232. The van der Waals surface area contributed by atoms with Crippen LogP contribution >= 0.6 is 0 Å². The molecule has 0 spiro atoms. The van der Waals surface area contributed by atoms with Crippen molar-refractivity contribution in [1.29, 1.82) is 5.26 Å². The number of ketones is 1. The van der Waals surface area contributed by atoms with E-state index in [-0.39, 0.29) is 22.3 Å². The van der Waals surface area contributed by atoms with Crippen LogP contribution in [-0.2, 0) is 21.3 Å². The van der Waals surface area contributed by atoms with Crippen molar-refractivity contribution in [2.24, 2.45) is 0 Å². The first kappa shape index (κ1) is 10.6. The number of hydrogen-bond donors (Lipinski definition) is 0. The molecule has 0 aliphatic heterocycles. The number of nitriles is 1. The quantitative estimate of drug-likeness (QED) is 0.556. The maximum Gasteiger partial charge on any atom is 0.130 e. The molecular weight excluding hydrogens is 149 g/mol. The van der Waals surface area contributed by atoms with E-state index in [1.54, 1.807) is 0 Å². The normalized spacial score (nSPS) is 6.50. The molecule has 0 aliphatic rings. The van der Waals surface area contributed by atoms with E-state index in [2.05, 4.69) is 0 Å². The number of carbonyl (C=O) groups excluding carboxylic acids is 1. The largest absolute Gasteiger partial charge is 0.300 e. The maximum absolute atomic E-state index is 10.1. The second-order valence-corrected chi connectivity index (χ2v) is 1.36. The third-order valence-corrected chi connectivity index (χ3v) is 0.589. The van der Waals surface area contributed by atoms with Gasteiger partial charge in [-0.05, 0) is 6.92 Å². The third-order valence-electron chi connectivity index (χ3n) is 0.589. The van der Waals surface area contributed by atoms with E-state index < -0.39 is 0 Å². The number of Topliss-reactive ketones (excluding diaryl/α,β-unsaturated/α-hetero) is 1. The van der Waals surface area contributed by atoms with Gasteiger partial charge in [0, 0.05) is 29.3 Å². The topological polar surface area (TPSA) is 40.9 Å². The SMILES string of the molecule is CC(=O)CCC#N.[Ni]. The zero-order valence-corrected chi connectivity index (χ0v) is 5.57. The summed E-state index contributed by atoms with van der Waals surface area (Å²) in [6.07, 6.45) is 0.756. The second kappa shape index (κ2) is 6.65. The average molecular weight is 156 g/mol. The molecule has 0 radical (unpaired) electrons. The Bertz CT molecular complexity index is 105. The van der Waals surface area contributed by atoms with Gasteiger partial charge in [0.25, 0.3) is 0 Å². The standard InChI is InChI=1S/C5H7NO.Ni/c1-5(7)3-2-4-6;/h2-3H2,1H3;. The number of hydrogen-bond acceptors (Lipinski definition) is 2. The number of rotatable bonds is 2. The predicted octanol–water partition coefficient (Wildman–Crippen LogP) is 0.877. The van der Waals surface area contributed by atoms with Crippen LogP contribution in [0.4, 0.5) is 0 Å². The first-order valence-electron chi connectivity index (χ1n) is 2.13. The Morgan fingerprint density at radius 3 is 2.38 bits per heavy atom. The van der Waals surface area contributed by atoms with Gasteiger partial charge in [0.05, 0.1) is 6.07 Å². The summed E-state index contributed by atoms with van der Waals surface area (Å²) in [6.45, 7) is 1.48. The van der Waals surface area contributed by atoms with Crippen LogP contribution in [-0.4, -0.2) is 5.78 Å². The van der Waals surface area contributed by atoms with E-state index in [0.717, 1.165) is 0 Å². The van der Waals surface area contributed by atoms with Gasteiger partial charge in [-0.1, -0.05) is 0 Å². The molecule has 2 nitrogen and oxygen atoms in total. The summed E-state index contributed by atoms with van der Waals surface area (Å²) >= 11 is 0. The zero-order chi connectivity index (χ0) is 5.70. The van der Waals surface area contributed by atoms with Crippen LogP contribution in [0.25, 0.3) is 0 Å². The summed E-state index contributed by atoms with van der Waals surface area (Å²) in [5.74, 6) is 0.0848. The van der Waals surface area contributed by atoms with Crippen molar-refractivity contribution >= 4 is 5.78 Å². The van der Waals surface area contributed by atoms with Crippen molar-refractivity contribution in [3.05, 3.63) is 0 Å². The van der Waals surface area contributed by atoms with Crippen molar-refractivity contribution in [3.8, 4) is 6.07 Å². The van der Waals surface area contributed by atoms with Gasteiger partial charge in [-0.25, -0.2) is 0 Å². The molecule has 0 atom stereocenters. The molecule has 0 unspecified atom stereocenters. The average Bonchev–Trinajstić information content (AvgIpc) is 1.61. The molecule has 8 heavy (non-hydrogen) atoms. The van der Waals surface area contributed by atoms with Gasteiger partial charge in [0.15, 0.2) is 0 Å². The summed E-state index contributed by atoms with van der Waals surface area (Å²) in [4.78, 5) is 10.1. The Morgan fingerprint density at radius 2 is 2.25 bits per heavy atom. The molecule has 0 saturated heterocycles. The Hall–Kier alpha value is -0.346. The van der Waals surface area contributed by atoms with Crippen LogP contribution in [0.2, 0.25) is 0 Å². The molecule has 0 aromatic carbocycles. The molecule has 0 saturated carbocycles. The molecule has 0 bridgehead atoms. The fourth-order valence-electron chi connectivity index (χ4n) is 0.232. The molecule has 0 aliphatic carbocycles. The molecular formula is C5H7NNiO. The molecule has 0 amide bonds. The van der Waals surface area contributed by atoms with Crippen LogP contribution in [0.3, 0.4) is 0 Å². The minimum atomic E-state index is 0. The summed E-state index contributed by atoms with van der Waals surface area (Å²) in [5, 5.41) is 7.91. The van der Waals surface area contributed by atoms with Gasteiger partial charge in [0.2, 0.25) is 0 Å². The van der Waals surface area contributed by atoms with Gasteiger partial charge >= 0.3 is 0 Å². The molecule has 0 aromatic heterocycles. The molecule has 0 fully saturated rings. The first-order valence-corrected chi connectivity index (χ1v) is 2.13. The molecule has 0 N–H and O–H groups in total. The summed E-state index contributed by atoms with van der Waals surface area (Å²) < 4.78 is 0. The molecule has 3 heteroatoms. The van der Waals surface area contributed by atoms with Crippen molar-refractivity contribution in [2.45, 2.75) is 19.8 Å². The van der Waals surface area contributed by atoms with Crippen molar-refractivity contribution in [1.82, 2.24) is 0 Å². The smallest absolute Gasteiger partial charge is 0.130 e. The Morgan fingerprint density at radius 1 is 1.75 bits per heavy atom. The van der Waals surface area contributed by atoms with Gasteiger partial charge in [-0.3, -0.25) is 4.79 Å². The molecule has 0 rings (SSSR count). The number of nitrogens with zero attached hydrogens (tertiary/aromatic N) is 1. The molecule has 0 aromatic rings. The van der Waals surface area contributed by atoms with Gasteiger partial charge in [-0.2, -0.15) is 5.26 Å². The summed E-state index contributed by atoms with van der Waals surface area (Å²) in [7, 11) is 0. The van der Waals surface area contributed by atoms with Gasteiger partial charge in [-0.15, -0.1) is 0 Å².